The fourth-order valence-corrected chi connectivity index (χ4v) is 3.40. The molecule has 0 N–H and O–H groups in total. The molecule has 25 heavy (non-hydrogen) atoms. The Morgan fingerprint density at radius 3 is 2.76 bits per heavy atom. The third-order valence-corrected chi connectivity index (χ3v) is 5.16. The molecule has 1 amide bonds. The molecule has 2 aromatic heterocycles. The third-order valence-electron chi connectivity index (χ3n) is 5.16. The highest BCUT2D eigenvalue weighted by Crippen LogP contribution is 2.40. The van der Waals surface area contributed by atoms with Gasteiger partial charge >= 0.3 is 0 Å². The zero-order valence-corrected chi connectivity index (χ0v) is 14.4. The van der Waals surface area contributed by atoms with Gasteiger partial charge in [-0.2, -0.15) is 0 Å². The maximum atomic E-state index is 12.6. The molecular weight excluding hydrogens is 320 g/mol. The second kappa shape index (κ2) is 6.46. The first-order valence-corrected chi connectivity index (χ1v) is 8.88. The molecule has 1 saturated carbocycles. The van der Waals surface area contributed by atoms with E-state index in [4.69, 9.17) is 4.52 Å². The molecule has 0 aromatic carbocycles. The van der Waals surface area contributed by atoms with Crippen LogP contribution in [0.4, 0.5) is 0 Å². The van der Waals surface area contributed by atoms with E-state index in [0.29, 0.717) is 42.7 Å². The molecule has 2 aliphatic rings. The summed E-state index contributed by atoms with van der Waals surface area (Å²) in [4.78, 5) is 30.6. The lowest BCUT2D eigenvalue weighted by Crippen LogP contribution is -2.40. The fraction of sp³-hybridized carbons (Fsp3) is 0.556. The van der Waals surface area contributed by atoms with Crippen LogP contribution in [0.1, 0.15) is 53.4 Å². The number of piperidine rings is 1. The average molecular weight is 342 g/mol. The van der Waals surface area contributed by atoms with Gasteiger partial charge in [0.15, 0.2) is 5.69 Å². The second-order valence-corrected chi connectivity index (χ2v) is 7.16. The van der Waals surface area contributed by atoms with E-state index in [0.717, 1.165) is 31.4 Å². The van der Waals surface area contributed by atoms with Crippen LogP contribution in [0.5, 0.6) is 0 Å². The van der Waals surface area contributed by atoms with Crippen molar-refractivity contribution in [1.29, 1.82) is 0 Å². The highest BCUT2D eigenvalue weighted by Gasteiger charge is 2.31. The molecule has 7 heteroatoms. The number of nitrogens with zero attached hydrogens (tertiary/aromatic N) is 4. The average Bonchev–Trinajstić information content (AvgIpc) is 3.36. The molecule has 0 atom stereocenters. The highest BCUT2D eigenvalue weighted by atomic mass is 16.5. The summed E-state index contributed by atoms with van der Waals surface area (Å²) >= 11 is 0. The van der Waals surface area contributed by atoms with Crippen molar-refractivity contribution in [2.75, 3.05) is 13.1 Å². The first kappa shape index (κ1) is 16.1. The maximum absolute atomic E-state index is 12.6. The normalized spacial score (nSPS) is 18.5. The van der Waals surface area contributed by atoms with Crippen molar-refractivity contribution in [2.45, 2.75) is 45.1 Å². The summed E-state index contributed by atoms with van der Waals surface area (Å²) in [6, 6.07) is 1.80. The van der Waals surface area contributed by atoms with Crippen molar-refractivity contribution in [1.82, 2.24) is 19.6 Å². The summed E-state index contributed by atoms with van der Waals surface area (Å²) in [6.07, 6.45) is 7.19. The first-order valence-electron chi connectivity index (χ1n) is 8.88. The summed E-state index contributed by atoms with van der Waals surface area (Å²) in [6.45, 7) is 3.80. The van der Waals surface area contributed by atoms with Crippen LogP contribution in [0, 0.1) is 12.8 Å². The molecule has 3 heterocycles. The predicted octanol–water partition coefficient (Wildman–Crippen LogP) is 1.97. The number of hydrogen-bond acceptors (Lipinski definition) is 5. The highest BCUT2D eigenvalue weighted by molar-refractivity contribution is 5.92. The van der Waals surface area contributed by atoms with Crippen LogP contribution in [-0.4, -0.2) is 38.6 Å². The molecule has 1 aliphatic heterocycles. The Kier molecular flexibility index (Phi) is 4.15. The lowest BCUT2D eigenvalue weighted by Gasteiger charge is -2.31. The molecule has 2 aromatic rings. The van der Waals surface area contributed by atoms with E-state index >= 15 is 0 Å². The van der Waals surface area contributed by atoms with Gasteiger partial charge in [-0.25, -0.2) is 4.98 Å². The van der Waals surface area contributed by atoms with Gasteiger partial charge in [0.05, 0.1) is 6.33 Å². The quantitative estimate of drug-likeness (QED) is 0.848. The number of likely N-dealkylation sites (tertiary alicyclic amines) is 1. The van der Waals surface area contributed by atoms with Crippen LogP contribution in [-0.2, 0) is 6.54 Å². The van der Waals surface area contributed by atoms with Gasteiger partial charge in [0, 0.05) is 43.4 Å². The molecule has 1 aliphatic carbocycles. The van der Waals surface area contributed by atoms with Crippen LogP contribution >= 0.6 is 0 Å². The molecule has 0 bridgehead atoms. The maximum Gasteiger partial charge on any atom is 0.276 e. The summed E-state index contributed by atoms with van der Waals surface area (Å²) in [5.41, 5.74) is 1.09. The topological polar surface area (TPSA) is 81.2 Å². The van der Waals surface area contributed by atoms with Crippen molar-refractivity contribution in [3.05, 3.63) is 46.0 Å². The minimum absolute atomic E-state index is 0.0173. The smallest absolute Gasteiger partial charge is 0.276 e. The van der Waals surface area contributed by atoms with Gasteiger partial charge in [0.1, 0.15) is 5.76 Å². The number of aryl methyl sites for hydroxylation is 1. The molecule has 1 saturated heterocycles. The number of aromatic nitrogens is 3. The van der Waals surface area contributed by atoms with Crippen molar-refractivity contribution in [2.24, 2.45) is 5.92 Å². The Morgan fingerprint density at radius 2 is 2.04 bits per heavy atom. The van der Waals surface area contributed by atoms with Crippen molar-refractivity contribution < 1.29 is 9.32 Å². The summed E-state index contributed by atoms with van der Waals surface area (Å²) in [7, 11) is 0. The molecule has 0 unspecified atom stereocenters. The molecular formula is C18H22N4O3. The Balaban J connectivity index is 1.35. The molecule has 0 spiro atoms. The van der Waals surface area contributed by atoms with Gasteiger partial charge in [-0.3, -0.25) is 14.2 Å². The molecule has 2 fully saturated rings. The van der Waals surface area contributed by atoms with Crippen molar-refractivity contribution in [3.8, 4) is 0 Å². The summed E-state index contributed by atoms with van der Waals surface area (Å²) in [5, 5.41) is 3.94. The fourth-order valence-electron chi connectivity index (χ4n) is 3.40. The number of rotatable bonds is 4. The van der Waals surface area contributed by atoms with E-state index < -0.39 is 0 Å². The molecule has 4 rings (SSSR count). The van der Waals surface area contributed by atoms with E-state index in [1.165, 1.54) is 0 Å². The Morgan fingerprint density at radius 1 is 1.28 bits per heavy atom. The van der Waals surface area contributed by atoms with Crippen LogP contribution in [0.2, 0.25) is 0 Å². The lowest BCUT2D eigenvalue weighted by molar-refractivity contribution is 0.0671. The minimum atomic E-state index is -0.0523. The largest absolute Gasteiger partial charge is 0.360 e. The first-order chi connectivity index (χ1) is 12.1. The summed E-state index contributed by atoms with van der Waals surface area (Å²) < 4.78 is 6.96. The van der Waals surface area contributed by atoms with Crippen molar-refractivity contribution in [3.63, 3.8) is 0 Å². The lowest BCUT2D eigenvalue weighted by atomic mass is 9.96. The van der Waals surface area contributed by atoms with E-state index in [2.05, 4.69) is 10.1 Å². The number of carbonyl (C=O) groups is 1. The zero-order valence-electron chi connectivity index (χ0n) is 14.4. The van der Waals surface area contributed by atoms with Gasteiger partial charge < -0.3 is 9.42 Å². The standard InChI is InChI=1S/C18H22N4O3/c1-12-9-19-11-22(17(12)23)10-13-4-6-21(7-5-13)18(24)15-8-16(25-20-15)14-2-3-14/h8-9,11,13-14H,2-7,10H2,1H3. The van der Waals surface area contributed by atoms with Crippen molar-refractivity contribution >= 4 is 5.91 Å². The van der Waals surface area contributed by atoms with Gasteiger partial charge in [0.25, 0.3) is 11.5 Å². The van der Waals surface area contributed by atoms with Gasteiger partial charge in [0.2, 0.25) is 0 Å². The van der Waals surface area contributed by atoms with E-state index in [1.807, 2.05) is 4.90 Å². The minimum Gasteiger partial charge on any atom is -0.360 e. The third kappa shape index (κ3) is 3.36. The van der Waals surface area contributed by atoms with Crippen LogP contribution in [0.15, 0.2) is 27.9 Å². The van der Waals surface area contributed by atoms with E-state index in [-0.39, 0.29) is 11.5 Å². The Bertz CT molecular complexity index is 829. The second-order valence-electron chi connectivity index (χ2n) is 7.16. The van der Waals surface area contributed by atoms with Gasteiger partial charge in [-0.05, 0) is 38.5 Å². The monoisotopic (exact) mass is 342 g/mol. The van der Waals surface area contributed by atoms with Crippen LogP contribution < -0.4 is 5.56 Å². The Hall–Kier alpha value is -2.44. The van der Waals surface area contributed by atoms with Gasteiger partial charge in [-0.15, -0.1) is 0 Å². The number of hydrogen-bond donors (Lipinski definition) is 0. The number of amides is 1. The Labute approximate surface area is 145 Å². The zero-order chi connectivity index (χ0) is 17.4. The molecule has 0 radical (unpaired) electrons. The molecule has 7 nitrogen and oxygen atoms in total. The van der Waals surface area contributed by atoms with E-state index in [1.54, 1.807) is 30.1 Å². The summed E-state index contributed by atoms with van der Waals surface area (Å²) in [5.74, 6) is 1.62. The van der Waals surface area contributed by atoms with Crippen LogP contribution in [0.25, 0.3) is 0 Å². The predicted molar refractivity (Wildman–Crippen MR) is 90.3 cm³/mol. The van der Waals surface area contributed by atoms with Gasteiger partial charge in [-0.1, -0.05) is 5.16 Å². The molecule has 132 valence electrons. The van der Waals surface area contributed by atoms with E-state index in [9.17, 15) is 9.59 Å². The van der Waals surface area contributed by atoms with Crippen LogP contribution in [0.3, 0.4) is 0 Å². The number of carbonyl (C=O) groups excluding carboxylic acids is 1. The SMILES string of the molecule is Cc1cncn(CC2CCN(C(=O)c3cc(C4CC4)on3)CC2)c1=O.